The molecule has 0 bridgehead atoms. The summed E-state index contributed by atoms with van der Waals surface area (Å²) in [5.74, 6) is 0. The molecular formula is C36H46N4O8. The highest BCUT2D eigenvalue weighted by molar-refractivity contribution is 5.98. The third-order valence-corrected chi connectivity index (χ3v) is 9.72. The molecule has 12 heteroatoms. The van der Waals surface area contributed by atoms with Crippen LogP contribution in [0.3, 0.4) is 0 Å². The lowest BCUT2D eigenvalue weighted by molar-refractivity contribution is 0.0367. The van der Waals surface area contributed by atoms with Crippen LogP contribution in [-0.2, 0) is 29.8 Å². The number of likely N-dealkylation sites (tertiary alicyclic amines) is 2. The Bertz CT molecular complexity index is 1510. The summed E-state index contributed by atoms with van der Waals surface area (Å²) in [6, 6.07) is 15.2. The van der Waals surface area contributed by atoms with Crippen LogP contribution in [-0.4, -0.2) is 84.0 Å². The van der Waals surface area contributed by atoms with Crippen LogP contribution in [0.15, 0.2) is 48.5 Å². The van der Waals surface area contributed by atoms with E-state index in [9.17, 15) is 19.2 Å². The van der Waals surface area contributed by atoms with Gasteiger partial charge in [0.15, 0.2) is 0 Å². The predicted molar refractivity (Wildman–Crippen MR) is 178 cm³/mol. The molecule has 12 nitrogen and oxygen atoms in total. The van der Waals surface area contributed by atoms with Crippen LogP contribution in [0.1, 0.15) is 79.4 Å². The number of anilines is 2. The number of fused-ring (bicyclic) bond motifs is 7. The molecule has 0 aromatic heterocycles. The van der Waals surface area contributed by atoms with Crippen LogP contribution < -0.4 is 9.80 Å². The van der Waals surface area contributed by atoms with Gasteiger partial charge in [-0.25, -0.2) is 19.2 Å². The molecule has 2 saturated heterocycles. The maximum Gasteiger partial charge on any atom is 0.416 e. The van der Waals surface area contributed by atoms with E-state index in [1.165, 1.54) is 0 Å². The minimum absolute atomic E-state index is 0.147. The molecule has 4 aliphatic heterocycles. The summed E-state index contributed by atoms with van der Waals surface area (Å²) in [6.45, 7) is 15.1. The van der Waals surface area contributed by atoms with Gasteiger partial charge in [-0.05, 0) is 91.5 Å². The second-order valence-corrected chi connectivity index (χ2v) is 14.7. The fourth-order valence-electron chi connectivity index (χ4n) is 8.48. The molecule has 2 aromatic rings. The highest BCUT2D eigenvalue weighted by Crippen LogP contribution is 2.69. The maximum absolute atomic E-state index is 14.3. The van der Waals surface area contributed by atoms with E-state index in [1.54, 1.807) is 75.0 Å². The van der Waals surface area contributed by atoms with E-state index in [0.717, 1.165) is 11.1 Å². The number of benzene rings is 2. The topological polar surface area (TPSA) is 118 Å². The SMILES string of the molecule is CCOC(=O)N1CC[C@@]2([C@]34CCN(C(=O)OCC)[C@H]3N(C(=O)OC(C)(C)C)c3ccccc34)c3ccccc3N(C(=O)OC(C)(C)C)[C@@H]12. The summed E-state index contributed by atoms with van der Waals surface area (Å²) < 4.78 is 23.2. The molecule has 4 amide bonds. The molecule has 6 rings (SSSR count). The Morgan fingerprint density at radius 1 is 0.625 bits per heavy atom. The lowest BCUT2D eigenvalue weighted by Gasteiger charge is -2.49. The molecular weight excluding hydrogens is 616 g/mol. The van der Waals surface area contributed by atoms with Gasteiger partial charge in [-0.1, -0.05) is 36.4 Å². The largest absolute Gasteiger partial charge is 0.450 e. The minimum atomic E-state index is -1.02. The minimum Gasteiger partial charge on any atom is -0.450 e. The van der Waals surface area contributed by atoms with Crippen LogP contribution in [0.4, 0.5) is 30.6 Å². The summed E-state index contributed by atoms with van der Waals surface area (Å²) in [7, 11) is 0. The van der Waals surface area contributed by atoms with E-state index in [0.29, 0.717) is 24.2 Å². The average Bonchev–Trinajstić information content (AvgIpc) is 3.71. The summed E-state index contributed by atoms with van der Waals surface area (Å²) >= 11 is 0. The van der Waals surface area contributed by atoms with Gasteiger partial charge < -0.3 is 18.9 Å². The molecule has 2 aromatic carbocycles. The van der Waals surface area contributed by atoms with Crippen LogP contribution in [0.5, 0.6) is 0 Å². The molecule has 48 heavy (non-hydrogen) atoms. The Balaban J connectivity index is 1.66. The number of hydrogen-bond acceptors (Lipinski definition) is 8. The number of nitrogens with zero attached hydrogens (tertiary/aromatic N) is 4. The summed E-state index contributed by atoms with van der Waals surface area (Å²) in [5.41, 5.74) is -0.852. The molecule has 2 fully saturated rings. The quantitative estimate of drug-likeness (QED) is 0.332. The van der Waals surface area contributed by atoms with E-state index >= 15 is 0 Å². The Kier molecular flexibility index (Phi) is 8.07. The molecule has 4 heterocycles. The molecule has 0 spiro atoms. The lowest BCUT2D eigenvalue weighted by atomic mass is 9.55. The van der Waals surface area contributed by atoms with Crippen molar-refractivity contribution in [1.29, 1.82) is 0 Å². The van der Waals surface area contributed by atoms with Gasteiger partial charge in [0.05, 0.1) is 35.4 Å². The van der Waals surface area contributed by atoms with E-state index in [4.69, 9.17) is 18.9 Å². The highest BCUT2D eigenvalue weighted by Gasteiger charge is 2.77. The fraction of sp³-hybridized carbons (Fsp3) is 0.556. The Labute approximate surface area is 281 Å². The van der Waals surface area contributed by atoms with Gasteiger partial charge in [-0.15, -0.1) is 0 Å². The van der Waals surface area contributed by atoms with Crippen molar-refractivity contribution < 1.29 is 38.1 Å². The number of hydrogen-bond donors (Lipinski definition) is 0. The number of rotatable bonds is 3. The number of carbonyl (C=O) groups excluding carboxylic acids is 4. The van der Waals surface area contributed by atoms with Crippen molar-refractivity contribution in [1.82, 2.24) is 9.80 Å². The highest BCUT2D eigenvalue weighted by atomic mass is 16.6. The third-order valence-electron chi connectivity index (χ3n) is 9.72. The second kappa shape index (κ2) is 11.6. The number of carbonyl (C=O) groups is 4. The first kappa shape index (κ1) is 33.4. The molecule has 0 unspecified atom stereocenters. The smallest absolute Gasteiger partial charge is 0.416 e. The normalized spacial score (nSPS) is 25.7. The Hall–Kier alpha value is -4.48. The number of para-hydroxylation sites is 2. The second-order valence-electron chi connectivity index (χ2n) is 14.7. The summed E-state index contributed by atoms with van der Waals surface area (Å²) in [5, 5.41) is 0. The molecule has 4 atom stereocenters. The van der Waals surface area contributed by atoms with E-state index < -0.39 is 58.7 Å². The third kappa shape index (κ3) is 4.85. The van der Waals surface area contributed by atoms with Gasteiger partial charge in [-0.2, -0.15) is 0 Å². The maximum atomic E-state index is 14.3. The van der Waals surface area contributed by atoms with E-state index in [1.807, 2.05) is 48.5 Å². The van der Waals surface area contributed by atoms with E-state index in [-0.39, 0.29) is 26.3 Å². The van der Waals surface area contributed by atoms with Gasteiger partial charge in [0.1, 0.15) is 23.5 Å². The summed E-state index contributed by atoms with van der Waals surface area (Å²) in [6.07, 6.45) is -3.32. The molecule has 0 aliphatic carbocycles. The Morgan fingerprint density at radius 3 is 1.31 bits per heavy atom. The standard InChI is InChI=1S/C36H46N4O8/c1-9-45-29(41)37-21-19-35(23-15-11-13-17-25(23)39(27(35)37)31(43)47-33(3,4)5)36-20-22-38(30(42)46-10-2)28(36)40(32(44)48-34(6,7)8)26-18-14-12-16-24(26)36/h11-18,27-28H,9-10,19-22H2,1-8H3/t27-,28+,35-,36+. The first-order valence-corrected chi connectivity index (χ1v) is 16.7. The van der Waals surface area contributed by atoms with Gasteiger partial charge in [-0.3, -0.25) is 19.6 Å². The van der Waals surface area contributed by atoms with Crippen molar-refractivity contribution in [3.63, 3.8) is 0 Å². The molecule has 0 radical (unpaired) electrons. The van der Waals surface area contributed by atoms with Crippen molar-refractivity contribution in [2.24, 2.45) is 0 Å². The molecule has 258 valence electrons. The van der Waals surface area contributed by atoms with Crippen molar-refractivity contribution in [3.8, 4) is 0 Å². The van der Waals surface area contributed by atoms with Crippen LogP contribution in [0.25, 0.3) is 0 Å². The zero-order valence-electron chi connectivity index (χ0n) is 29.1. The first-order chi connectivity index (χ1) is 22.6. The fourth-order valence-corrected chi connectivity index (χ4v) is 8.48. The van der Waals surface area contributed by atoms with Gasteiger partial charge >= 0.3 is 24.4 Å². The summed E-state index contributed by atoms with van der Waals surface area (Å²) in [4.78, 5) is 62.7. The molecule has 4 aliphatic rings. The lowest BCUT2D eigenvalue weighted by Crippen LogP contribution is -2.66. The first-order valence-electron chi connectivity index (χ1n) is 16.7. The average molecular weight is 663 g/mol. The molecule has 0 saturated carbocycles. The number of amides is 4. The Morgan fingerprint density at radius 2 is 0.979 bits per heavy atom. The van der Waals surface area contributed by atoms with E-state index in [2.05, 4.69) is 0 Å². The van der Waals surface area contributed by atoms with Crippen molar-refractivity contribution in [2.45, 2.75) is 103 Å². The van der Waals surface area contributed by atoms with Crippen molar-refractivity contribution in [2.75, 3.05) is 36.1 Å². The zero-order valence-corrected chi connectivity index (χ0v) is 29.1. The van der Waals surface area contributed by atoms with Gasteiger partial charge in [0.25, 0.3) is 0 Å². The van der Waals surface area contributed by atoms with Crippen molar-refractivity contribution >= 4 is 35.7 Å². The zero-order chi connectivity index (χ0) is 34.8. The predicted octanol–water partition coefficient (Wildman–Crippen LogP) is 6.75. The molecule has 0 N–H and O–H groups in total. The van der Waals surface area contributed by atoms with Crippen molar-refractivity contribution in [3.05, 3.63) is 59.7 Å². The van der Waals surface area contributed by atoms with Crippen LogP contribution in [0.2, 0.25) is 0 Å². The number of ether oxygens (including phenoxy) is 4. The van der Waals surface area contributed by atoms with Crippen LogP contribution >= 0.6 is 0 Å². The van der Waals surface area contributed by atoms with Crippen LogP contribution in [0, 0.1) is 0 Å². The van der Waals surface area contributed by atoms with Gasteiger partial charge in [0.2, 0.25) is 0 Å². The van der Waals surface area contributed by atoms with Gasteiger partial charge in [0, 0.05) is 13.1 Å². The monoisotopic (exact) mass is 662 g/mol.